The van der Waals surface area contributed by atoms with E-state index in [0.29, 0.717) is 24.4 Å². The monoisotopic (exact) mass is 412 g/mol. The van der Waals surface area contributed by atoms with E-state index in [1.54, 1.807) is 26.3 Å². The van der Waals surface area contributed by atoms with Gasteiger partial charge in [-0.3, -0.25) is 4.79 Å². The molecule has 1 atom stereocenters. The number of benzene rings is 2. The first-order valence-electron chi connectivity index (χ1n) is 9.71. The van der Waals surface area contributed by atoms with Crippen molar-refractivity contribution >= 4 is 17.6 Å². The number of ether oxygens (including phenoxy) is 1. The number of hydrazone groups is 1. The average molecular weight is 412 g/mol. The average Bonchev–Trinajstić information content (AvgIpc) is 3.20. The fourth-order valence-corrected chi connectivity index (χ4v) is 3.28. The van der Waals surface area contributed by atoms with E-state index in [-0.39, 0.29) is 30.3 Å². The van der Waals surface area contributed by atoms with Gasteiger partial charge in [0.25, 0.3) is 5.91 Å². The molecule has 0 unspecified atom stereocenters. The maximum atomic E-state index is 13.3. The van der Waals surface area contributed by atoms with E-state index in [0.717, 1.165) is 11.1 Å². The highest BCUT2D eigenvalue weighted by molar-refractivity contribution is 6.03. The summed E-state index contributed by atoms with van der Waals surface area (Å²) in [5, 5.41) is 8.62. The van der Waals surface area contributed by atoms with Gasteiger partial charge in [-0.05, 0) is 42.3 Å². The maximum absolute atomic E-state index is 13.3. The number of nitrogens with one attached hydrogen (secondary N) is 1. The number of carbonyl (C=O) groups excluding carboxylic acids is 2. The predicted molar refractivity (Wildman–Crippen MR) is 112 cm³/mol. The van der Waals surface area contributed by atoms with Crippen LogP contribution in [-0.2, 0) is 4.79 Å². The summed E-state index contributed by atoms with van der Waals surface area (Å²) in [6, 6.07) is 12.8. The van der Waals surface area contributed by atoms with Crippen LogP contribution >= 0.6 is 0 Å². The van der Waals surface area contributed by atoms with Gasteiger partial charge >= 0.3 is 6.03 Å². The van der Waals surface area contributed by atoms with Crippen molar-refractivity contribution in [2.45, 2.75) is 19.4 Å². The van der Waals surface area contributed by atoms with E-state index < -0.39 is 0 Å². The highest BCUT2D eigenvalue weighted by Crippen LogP contribution is 2.33. The van der Waals surface area contributed by atoms with Crippen molar-refractivity contribution in [1.82, 2.24) is 15.2 Å². The summed E-state index contributed by atoms with van der Waals surface area (Å²) < 4.78 is 18.5. The summed E-state index contributed by atoms with van der Waals surface area (Å²) in [6.07, 6.45) is 0.481. The Labute approximate surface area is 175 Å². The van der Waals surface area contributed by atoms with Crippen LogP contribution in [-0.4, -0.2) is 54.8 Å². The van der Waals surface area contributed by atoms with Crippen LogP contribution in [0.5, 0.6) is 5.75 Å². The Morgan fingerprint density at radius 3 is 2.47 bits per heavy atom. The molecule has 158 valence electrons. The summed E-state index contributed by atoms with van der Waals surface area (Å²) in [7, 11) is 3.15. The lowest BCUT2D eigenvalue weighted by Crippen LogP contribution is -2.43. The fraction of sp³-hybridized carbons (Fsp3) is 0.318. The number of rotatable bonds is 6. The van der Waals surface area contributed by atoms with E-state index in [4.69, 9.17) is 4.74 Å². The zero-order chi connectivity index (χ0) is 21.7. The second-order valence-corrected chi connectivity index (χ2v) is 6.98. The summed E-state index contributed by atoms with van der Waals surface area (Å²) in [6.45, 7) is 2.17. The van der Waals surface area contributed by atoms with Crippen molar-refractivity contribution < 1.29 is 18.7 Å². The Hall–Kier alpha value is -3.42. The molecular formula is C22H25FN4O3. The lowest BCUT2D eigenvalue weighted by atomic mass is 9.98. The molecule has 0 saturated heterocycles. The number of nitrogens with zero attached hydrogens (tertiary/aromatic N) is 3. The van der Waals surface area contributed by atoms with E-state index >= 15 is 0 Å². The molecule has 2 aromatic rings. The van der Waals surface area contributed by atoms with E-state index in [9.17, 15) is 14.0 Å². The molecule has 3 amide bonds. The molecule has 1 heterocycles. The number of urea groups is 1. The normalized spacial score (nSPS) is 15.5. The Kier molecular flexibility index (Phi) is 6.66. The van der Waals surface area contributed by atoms with Gasteiger partial charge in [-0.2, -0.15) is 5.10 Å². The third-order valence-corrected chi connectivity index (χ3v) is 4.89. The van der Waals surface area contributed by atoms with Crippen LogP contribution < -0.4 is 10.1 Å². The maximum Gasteiger partial charge on any atom is 0.317 e. The number of hydrogen-bond acceptors (Lipinski definition) is 4. The topological polar surface area (TPSA) is 74.2 Å². The van der Waals surface area contributed by atoms with Gasteiger partial charge in [0.05, 0.1) is 18.9 Å². The molecule has 1 N–H and O–H groups in total. The van der Waals surface area contributed by atoms with Gasteiger partial charge in [0.15, 0.2) is 0 Å². The van der Waals surface area contributed by atoms with Gasteiger partial charge in [-0.25, -0.2) is 14.2 Å². The molecule has 0 aromatic heterocycles. The van der Waals surface area contributed by atoms with Gasteiger partial charge in [0.2, 0.25) is 0 Å². The number of amides is 3. The molecule has 0 radical (unpaired) electrons. The standard InChI is InChI=1S/C22H25FN4O3/c1-4-24-22(29)26(2)14-21(28)27-20(16-7-11-18(30-3)12-8-16)13-19(25-27)15-5-9-17(23)10-6-15/h5-12,20H,4,13-14H2,1-3H3,(H,24,29)/t20-/m0/s1. The quantitative estimate of drug-likeness (QED) is 0.792. The molecule has 0 fully saturated rings. The van der Waals surface area contributed by atoms with Crippen molar-refractivity contribution in [1.29, 1.82) is 0 Å². The van der Waals surface area contributed by atoms with E-state index in [2.05, 4.69) is 10.4 Å². The molecule has 1 aliphatic heterocycles. The minimum absolute atomic E-state index is 0.112. The Balaban J connectivity index is 1.87. The Morgan fingerprint density at radius 2 is 1.87 bits per heavy atom. The van der Waals surface area contributed by atoms with Crippen LogP contribution in [0.4, 0.5) is 9.18 Å². The van der Waals surface area contributed by atoms with Crippen molar-refractivity contribution in [3.63, 3.8) is 0 Å². The highest BCUT2D eigenvalue weighted by Gasteiger charge is 2.33. The molecule has 0 bridgehead atoms. The van der Waals surface area contributed by atoms with Gasteiger partial charge in [-0.1, -0.05) is 24.3 Å². The lowest BCUT2D eigenvalue weighted by molar-refractivity contribution is -0.133. The number of carbonyl (C=O) groups is 2. The van der Waals surface area contributed by atoms with Crippen LogP contribution in [0.25, 0.3) is 0 Å². The third-order valence-electron chi connectivity index (χ3n) is 4.89. The van der Waals surface area contributed by atoms with Crippen molar-refractivity contribution in [2.75, 3.05) is 27.2 Å². The van der Waals surface area contributed by atoms with Crippen molar-refractivity contribution in [3.8, 4) is 5.75 Å². The van der Waals surface area contributed by atoms with Gasteiger partial charge < -0.3 is 15.0 Å². The largest absolute Gasteiger partial charge is 0.497 e. The molecule has 3 rings (SSSR count). The molecule has 7 nitrogen and oxygen atoms in total. The highest BCUT2D eigenvalue weighted by atomic mass is 19.1. The van der Waals surface area contributed by atoms with E-state index in [1.165, 1.54) is 22.0 Å². The second-order valence-electron chi connectivity index (χ2n) is 6.98. The van der Waals surface area contributed by atoms with Gasteiger partial charge in [0, 0.05) is 20.0 Å². The third kappa shape index (κ3) is 4.76. The Bertz CT molecular complexity index is 928. The molecule has 0 spiro atoms. The van der Waals surface area contributed by atoms with Gasteiger partial charge in [0.1, 0.15) is 18.1 Å². The molecule has 30 heavy (non-hydrogen) atoms. The summed E-state index contributed by atoms with van der Waals surface area (Å²) in [5.41, 5.74) is 2.33. The van der Waals surface area contributed by atoms with Crippen LogP contribution in [0.3, 0.4) is 0 Å². The summed E-state index contributed by atoms with van der Waals surface area (Å²) in [5.74, 6) is 0.0764. The molecule has 2 aromatic carbocycles. The molecule has 8 heteroatoms. The van der Waals surface area contributed by atoms with Crippen LogP contribution in [0, 0.1) is 5.82 Å². The fourth-order valence-electron chi connectivity index (χ4n) is 3.28. The molecular weight excluding hydrogens is 387 g/mol. The zero-order valence-corrected chi connectivity index (χ0v) is 17.3. The van der Waals surface area contributed by atoms with Crippen LogP contribution in [0.1, 0.15) is 30.5 Å². The van der Waals surface area contributed by atoms with Crippen molar-refractivity contribution in [2.24, 2.45) is 5.10 Å². The number of halogens is 1. The smallest absolute Gasteiger partial charge is 0.317 e. The first-order valence-corrected chi connectivity index (χ1v) is 9.71. The van der Waals surface area contributed by atoms with Gasteiger partial charge in [-0.15, -0.1) is 0 Å². The molecule has 0 saturated carbocycles. The lowest BCUT2D eigenvalue weighted by Gasteiger charge is -2.25. The number of likely N-dealkylation sites (N-methyl/N-ethyl adjacent to an activating group) is 1. The minimum atomic E-state index is -0.333. The van der Waals surface area contributed by atoms with Crippen molar-refractivity contribution in [3.05, 3.63) is 65.5 Å². The van der Waals surface area contributed by atoms with Crippen LogP contribution in [0.15, 0.2) is 53.6 Å². The molecule has 0 aliphatic carbocycles. The van der Waals surface area contributed by atoms with E-state index in [1.807, 2.05) is 31.2 Å². The second kappa shape index (κ2) is 9.39. The molecule has 1 aliphatic rings. The van der Waals surface area contributed by atoms with Crippen LogP contribution in [0.2, 0.25) is 0 Å². The summed E-state index contributed by atoms with van der Waals surface area (Å²) in [4.78, 5) is 26.3. The first kappa shape index (κ1) is 21.3. The minimum Gasteiger partial charge on any atom is -0.497 e. The predicted octanol–water partition coefficient (Wildman–Crippen LogP) is 3.17. The zero-order valence-electron chi connectivity index (χ0n) is 17.3. The SMILES string of the molecule is CCNC(=O)N(C)CC(=O)N1N=C(c2ccc(F)cc2)C[C@H]1c1ccc(OC)cc1. The summed E-state index contributed by atoms with van der Waals surface area (Å²) >= 11 is 0. The number of methoxy groups -OCH3 is 1. The number of hydrogen-bond donors (Lipinski definition) is 1. The first-order chi connectivity index (χ1) is 14.4. The Morgan fingerprint density at radius 1 is 1.20 bits per heavy atom.